The molecule has 0 aliphatic heterocycles. The van der Waals surface area contributed by atoms with Crippen LogP contribution in [0.25, 0.3) is 0 Å². The van der Waals surface area contributed by atoms with Gasteiger partial charge in [0.1, 0.15) is 0 Å². The second kappa shape index (κ2) is 22.5. The van der Waals surface area contributed by atoms with Gasteiger partial charge in [0.2, 0.25) is 0 Å². The van der Waals surface area contributed by atoms with Gasteiger partial charge in [-0.1, -0.05) is 152 Å². The molecule has 0 rings (SSSR count). The average molecular weight is 418 g/mol. The Kier molecular flexibility index (Phi) is 23.0. The van der Waals surface area contributed by atoms with E-state index in [4.69, 9.17) is 0 Å². The molecule has 1 heteroatoms. The van der Waals surface area contributed by atoms with Crippen LogP contribution in [0.15, 0.2) is 0 Å². The normalized spacial score (nSPS) is 11.5. The second-order valence-corrected chi connectivity index (χ2v) is 9.02. The number of hydrogen-bond donors (Lipinski definition) is 0. The number of alkyl halides is 1. The van der Waals surface area contributed by atoms with Crippen LogP contribution in [0.4, 0.5) is 0 Å². The van der Waals surface area contributed by atoms with Crippen molar-refractivity contribution in [2.45, 2.75) is 142 Å². The highest BCUT2D eigenvalue weighted by atomic mass is 79.9. The standard InChI is InChI=1S/C24H49Br/c1-3-5-7-9-12-16-20-24(21-17-13-10-8-6-4-2)22-18-14-11-15-19-23-25/h24H,3-23H2,1-2H3. The highest BCUT2D eigenvalue weighted by Gasteiger charge is 2.08. The van der Waals surface area contributed by atoms with Crippen LogP contribution >= 0.6 is 15.9 Å². The molecular formula is C24H49Br. The van der Waals surface area contributed by atoms with Gasteiger partial charge in [0.05, 0.1) is 0 Å². The summed E-state index contributed by atoms with van der Waals surface area (Å²) in [4.78, 5) is 0. The van der Waals surface area contributed by atoms with Gasteiger partial charge >= 0.3 is 0 Å². The molecule has 25 heavy (non-hydrogen) atoms. The van der Waals surface area contributed by atoms with E-state index < -0.39 is 0 Å². The predicted octanol–water partition coefficient (Wildman–Crippen LogP) is 9.84. The monoisotopic (exact) mass is 416 g/mol. The van der Waals surface area contributed by atoms with Crippen LogP contribution in [-0.2, 0) is 0 Å². The zero-order chi connectivity index (χ0) is 18.4. The van der Waals surface area contributed by atoms with E-state index in [1.54, 1.807) is 0 Å². The maximum Gasteiger partial charge on any atom is 0.00313 e. The lowest BCUT2D eigenvalue weighted by Gasteiger charge is -2.17. The van der Waals surface area contributed by atoms with Crippen LogP contribution in [0.2, 0.25) is 0 Å². The molecule has 0 aromatic heterocycles. The third kappa shape index (κ3) is 20.6. The first-order chi connectivity index (χ1) is 12.3. The number of hydrogen-bond acceptors (Lipinski definition) is 0. The van der Waals surface area contributed by atoms with Crippen molar-refractivity contribution in [3.63, 3.8) is 0 Å². The Morgan fingerprint density at radius 2 is 0.760 bits per heavy atom. The molecule has 0 saturated heterocycles. The van der Waals surface area contributed by atoms with Crippen molar-refractivity contribution >= 4 is 15.9 Å². The van der Waals surface area contributed by atoms with E-state index >= 15 is 0 Å². The first-order valence-electron chi connectivity index (χ1n) is 11.9. The van der Waals surface area contributed by atoms with Crippen molar-refractivity contribution in [1.82, 2.24) is 0 Å². The first kappa shape index (κ1) is 25.5. The van der Waals surface area contributed by atoms with E-state index in [9.17, 15) is 0 Å². The maximum absolute atomic E-state index is 3.54. The van der Waals surface area contributed by atoms with Crippen LogP contribution in [0, 0.1) is 5.92 Å². The maximum atomic E-state index is 3.54. The summed E-state index contributed by atoms with van der Waals surface area (Å²) in [6.45, 7) is 4.63. The lowest BCUT2D eigenvalue weighted by atomic mass is 9.89. The molecule has 0 aromatic carbocycles. The third-order valence-corrected chi connectivity index (χ3v) is 6.24. The van der Waals surface area contributed by atoms with Crippen molar-refractivity contribution in [3.05, 3.63) is 0 Å². The van der Waals surface area contributed by atoms with E-state index in [1.165, 1.54) is 134 Å². The molecule has 0 saturated carbocycles. The summed E-state index contributed by atoms with van der Waals surface area (Å²) in [5, 5.41) is 1.19. The van der Waals surface area contributed by atoms with Gasteiger partial charge in [-0.3, -0.25) is 0 Å². The number of halogens is 1. The van der Waals surface area contributed by atoms with E-state index in [0.29, 0.717) is 0 Å². The lowest BCUT2D eigenvalue weighted by Crippen LogP contribution is -2.01. The highest BCUT2D eigenvalue weighted by molar-refractivity contribution is 9.09. The van der Waals surface area contributed by atoms with Gasteiger partial charge in [0.15, 0.2) is 0 Å². The van der Waals surface area contributed by atoms with Gasteiger partial charge in [0.25, 0.3) is 0 Å². The first-order valence-corrected chi connectivity index (χ1v) is 13.0. The van der Waals surface area contributed by atoms with Crippen LogP contribution < -0.4 is 0 Å². The predicted molar refractivity (Wildman–Crippen MR) is 121 cm³/mol. The summed E-state index contributed by atoms with van der Waals surface area (Å²) >= 11 is 3.54. The van der Waals surface area contributed by atoms with Gasteiger partial charge in [-0.15, -0.1) is 0 Å². The molecule has 0 aromatic rings. The smallest absolute Gasteiger partial charge is 0.00313 e. The molecule has 0 amide bonds. The number of unbranched alkanes of at least 4 members (excludes halogenated alkanes) is 14. The molecule has 0 unspecified atom stereocenters. The Labute approximate surface area is 169 Å². The molecule has 0 N–H and O–H groups in total. The molecule has 0 spiro atoms. The Morgan fingerprint density at radius 3 is 1.12 bits per heavy atom. The van der Waals surface area contributed by atoms with Crippen molar-refractivity contribution in [2.24, 2.45) is 5.92 Å². The van der Waals surface area contributed by atoms with Crippen molar-refractivity contribution in [3.8, 4) is 0 Å². The Hall–Kier alpha value is 0.480. The fourth-order valence-corrected chi connectivity index (χ4v) is 4.31. The van der Waals surface area contributed by atoms with E-state index in [-0.39, 0.29) is 0 Å². The minimum atomic E-state index is 1.04. The summed E-state index contributed by atoms with van der Waals surface area (Å²) in [6.07, 6.45) is 29.2. The third-order valence-electron chi connectivity index (χ3n) is 5.68. The SMILES string of the molecule is CCCCCCCCC(CCCCCCCC)CCCCCCCBr. The summed E-state index contributed by atoms with van der Waals surface area (Å²) in [6, 6.07) is 0. The van der Waals surface area contributed by atoms with Gasteiger partial charge in [-0.2, -0.15) is 0 Å². The van der Waals surface area contributed by atoms with Crippen LogP contribution in [0.1, 0.15) is 142 Å². The van der Waals surface area contributed by atoms with Gasteiger partial charge in [-0.25, -0.2) is 0 Å². The summed E-state index contributed by atoms with van der Waals surface area (Å²) in [5.74, 6) is 1.04. The van der Waals surface area contributed by atoms with E-state index in [2.05, 4.69) is 29.8 Å². The largest absolute Gasteiger partial charge is 0.0928 e. The summed E-state index contributed by atoms with van der Waals surface area (Å²) < 4.78 is 0. The summed E-state index contributed by atoms with van der Waals surface area (Å²) in [7, 11) is 0. The molecule has 0 nitrogen and oxygen atoms in total. The molecule has 152 valence electrons. The zero-order valence-electron chi connectivity index (χ0n) is 17.8. The Balaban J connectivity index is 3.76. The molecule has 0 heterocycles. The molecule has 0 atom stereocenters. The lowest BCUT2D eigenvalue weighted by molar-refractivity contribution is 0.366. The molecular weight excluding hydrogens is 368 g/mol. The van der Waals surface area contributed by atoms with E-state index in [0.717, 1.165) is 5.92 Å². The van der Waals surface area contributed by atoms with Crippen LogP contribution in [0.3, 0.4) is 0 Å². The minimum absolute atomic E-state index is 1.04. The Morgan fingerprint density at radius 1 is 0.440 bits per heavy atom. The van der Waals surface area contributed by atoms with Gasteiger partial charge < -0.3 is 0 Å². The molecule has 0 aliphatic rings. The van der Waals surface area contributed by atoms with Crippen LogP contribution in [0.5, 0.6) is 0 Å². The zero-order valence-corrected chi connectivity index (χ0v) is 19.4. The Bertz CT molecular complexity index is 188. The average Bonchev–Trinajstić information content (AvgIpc) is 2.63. The second-order valence-electron chi connectivity index (χ2n) is 8.22. The number of rotatable bonds is 21. The fourth-order valence-electron chi connectivity index (χ4n) is 3.92. The van der Waals surface area contributed by atoms with Crippen molar-refractivity contribution in [1.29, 1.82) is 0 Å². The molecule has 0 bridgehead atoms. The fraction of sp³-hybridized carbons (Fsp3) is 1.00. The molecule has 0 fully saturated rings. The van der Waals surface area contributed by atoms with Gasteiger partial charge in [0, 0.05) is 5.33 Å². The highest BCUT2D eigenvalue weighted by Crippen LogP contribution is 2.24. The van der Waals surface area contributed by atoms with Crippen molar-refractivity contribution < 1.29 is 0 Å². The van der Waals surface area contributed by atoms with Crippen LogP contribution in [-0.4, -0.2) is 5.33 Å². The minimum Gasteiger partial charge on any atom is -0.0928 e. The van der Waals surface area contributed by atoms with E-state index in [1.807, 2.05) is 0 Å². The molecule has 0 aliphatic carbocycles. The topological polar surface area (TPSA) is 0 Å². The van der Waals surface area contributed by atoms with Crippen molar-refractivity contribution in [2.75, 3.05) is 5.33 Å². The summed E-state index contributed by atoms with van der Waals surface area (Å²) in [5.41, 5.74) is 0. The quantitative estimate of drug-likeness (QED) is 0.129. The molecule has 0 radical (unpaired) electrons. The van der Waals surface area contributed by atoms with Gasteiger partial charge in [-0.05, 0) is 12.3 Å².